The molecule has 0 unspecified atom stereocenters. The van der Waals surface area contributed by atoms with Gasteiger partial charge in [-0.05, 0) is 43.0 Å². The first-order valence-electron chi connectivity index (χ1n) is 4.99. The van der Waals surface area contributed by atoms with E-state index in [0.29, 0.717) is 0 Å². The second-order valence-electron chi connectivity index (χ2n) is 4.17. The van der Waals surface area contributed by atoms with Gasteiger partial charge in [0.25, 0.3) is 0 Å². The van der Waals surface area contributed by atoms with Crippen molar-refractivity contribution in [1.29, 1.82) is 0 Å². The number of methoxy groups -OCH3 is 1. The van der Waals surface area contributed by atoms with Crippen LogP contribution in [0.4, 0.5) is 0 Å². The van der Waals surface area contributed by atoms with E-state index >= 15 is 0 Å². The molecule has 1 N–H and O–H groups in total. The molecule has 1 aliphatic rings. The molecular weight excluding hydrogens is 192 g/mol. The third-order valence-electron chi connectivity index (χ3n) is 3.22. The summed E-state index contributed by atoms with van der Waals surface area (Å²) < 4.78 is 4.81. The molecule has 0 radical (unpaired) electrons. The SMILES string of the molecule is COC(=O)[C@@]1(C)CCc2ccc(O)cc21. The normalized spacial score (nSPS) is 23.6. The summed E-state index contributed by atoms with van der Waals surface area (Å²) >= 11 is 0. The van der Waals surface area contributed by atoms with Gasteiger partial charge < -0.3 is 9.84 Å². The van der Waals surface area contributed by atoms with Crippen molar-refractivity contribution in [2.75, 3.05) is 7.11 Å². The fourth-order valence-electron chi connectivity index (χ4n) is 2.25. The quantitative estimate of drug-likeness (QED) is 0.712. The Balaban J connectivity index is 2.51. The first kappa shape index (κ1) is 10.0. The summed E-state index contributed by atoms with van der Waals surface area (Å²) in [6.45, 7) is 1.87. The maximum atomic E-state index is 11.7. The van der Waals surface area contributed by atoms with E-state index in [1.165, 1.54) is 7.11 Å². The first-order chi connectivity index (χ1) is 7.08. The maximum Gasteiger partial charge on any atom is 0.316 e. The molecule has 0 spiro atoms. The molecule has 0 fully saturated rings. The van der Waals surface area contributed by atoms with E-state index in [1.54, 1.807) is 12.1 Å². The zero-order valence-corrected chi connectivity index (χ0v) is 8.91. The number of hydrogen-bond acceptors (Lipinski definition) is 3. The molecule has 1 aromatic carbocycles. The van der Waals surface area contributed by atoms with Crippen molar-refractivity contribution in [3.63, 3.8) is 0 Å². The zero-order chi connectivity index (χ0) is 11.1. The predicted molar refractivity (Wildman–Crippen MR) is 55.8 cm³/mol. The molecule has 0 aliphatic heterocycles. The minimum Gasteiger partial charge on any atom is -0.508 e. The van der Waals surface area contributed by atoms with Gasteiger partial charge in [-0.1, -0.05) is 6.07 Å². The van der Waals surface area contributed by atoms with Crippen molar-refractivity contribution in [1.82, 2.24) is 0 Å². The number of aromatic hydroxyl groups is 1. The Labute approximate surface area is 88.7 Å². The van der Waals surface area contributed by atoms with E-state index in [1.807, 2.05) is 13.0 Å². The smallest absolute Gasteiger partial charge is 0.316 e. The van der Waals surface area contributed by atoms with E-state index in [2.05, 4.69) is 0 Å². The third kappa shape index (κ3) is 1.39. The number of carbonyl (C=O) groups is 1. The molecule has 1 atom stereocenters. The van der Waals surface area contributed by atoms with E-state index in [-0.39, 0.29) is 11.7 Å². The summed E-state index contributed by atoms with van der Waals surface area (Å²) in [6.07, 6.45) is 1.61. The van der Waals surface area contributed by atoms with Crippen LogP contribution in [0.2, 0.25) is 0 Å². The molecular formula is C12H14O3. The van der Waals surface area contributed by atoms with Crippen molar-refractivity contribution in [2.24, 2.45) is 0 Å². The monoisotopic (exact) mass is 206 g/mol. The minimum absolute atomic E-state index is 0.200. The van der Waals surface area contributed by atoms with Gasteiger partial charge in [0, 0.05) is 0 Å². The van der Waals surface area contributed by atoms with Gasteiger partial charge in [0.05, 0.1) is 12.5 Å². The molecule has 2 rings (SSSR count). The summed E-state index contributed by atoms with van der Waals surface area (Å²) in [5, 5.41) is 9.43. The molecule has 0 bridgehead atoms. The minimum atomic E-state index is -0.594. The van der Waals surface area contributed by atoms with Crippen molar-refractivity contribution in [2.45, 2.75) is 25.2 Å². The fourth-order valence-corrected chi connectivity index (χ4v) is 2.25. The molecule has 0 saturated carbocycles. The topological polar surface area (TPSA) is 46.5 Å². The first-order valence-corrected chi connectivity index (χ1v) is 4.99. The van der Waals surface area contributed by atoms with Crippen LogP contribution < -0.4 is 0 Å². The molecule has 1 aliphatic carbocycles. The maximum absolute atomic E-state index is 11.7. The highest BCUT2D eigenvalue weighted by Gasteiger charge is 2.42. The van der Waals surface area contributed by atoms with Crippen LogP contribution in [0.25, 0.3) is 0 Å². The Kier molecular flexibility index (Phi) is 2.18. The Morgan fingerprint density at radius 3 is 2.93 bits per heavy atom. The lowest BCUT2D eigenvalue weighted by atomic mass is 9.84. The Morgan fingerprint density at radius 2 is 2.27 bits per heavy atom. The third-order valence-corrected chi connectivity index (χ3v) is 3.22. The van der Waals surface area contributed by atoms with E-state index in [4.69, 9.17) is 4.74 Å². The van der Waals surface area contributed by atoms with Gasteiger partial charge in [-0.25, -0.2) is 0 Å². The van der Waals surface area contributed by atoms with Crippen LogP contribution in [0, 0.1) is 0 Å². The van der Waals surface area contributed by atoms with Crippen LogP contribution in [0.5, 0.6) is 5.75 Å². The Bertz CT molecular complexity index is 411. The number of phenolic OH excluding ortho intramolecular Hbond substituents is 1. The second-order valence-corrected chi connectivity index (χ2v) is 4.17. The van der Waals surface area contributed by atoms with Gasteiger partial charge >= 0.3 is 5.97 Å². The molecule has 3 nitrogen and oxygen atoms in total. The van der Waals surface area contributed by atoms with Crippen LogP contribution in [-0.2, 0) is 21.4 Å². The molecule has 0 saturated heterocycles. The molecule has 0 amide bonds. The van der Waals surface area contributed by atoms with Crippen LogP contribution in [0.15, 0.2) is 18.2 Å². The lowest BCUT2D eigenvalue weighted by Gasteiger charge is -2.21. The molecule has 3 heteroatoms. The summed E-state index contributed by atoms with van der Waals surface area (Å²) in [7, 11) is 1.40. The Hall–Kier alpha value is -1.51. The summed E-state index contributed by atoms with van der Waals surface area (Å²) in [5.74, 6) is -0.0300. The van der Waals surface area contributed by atoms with E-state index in [0.717, 1.165) is 24.0 Å². The Morgan fingerprint density at radius 1 is 1.53 bits per heavy atom. The van der Waals surface area contributed by atoms with Crippen molar-refractivity contribution >= 4 is 5.97 Å². The zero-order valence-electron chi connectivity index (χ0n) is 8.91. The molecule has 0 aromatic heterocycles. The molecule has 80 valence electrons. The standard InChI is InChI=1S/C12H14O3/c1-12(11(14)15-2)6-5-8-3-4-9(13)7-10(8)12/h3-4,7,13H,5-6H2,1-2H3/t12-/m0/s1. The number of phenols is 1. The highest BCUT2D eigenvalue weighted by atomic mass is 16.5. The largest absolute Gasteiger partial charge is 0.508 e. The average Bonchev–Trinajstić information content (AvgIpc) is 2.57. The highest BCUT2D eigenvalue weighted by Crippen LogP contribution is 2.40. The van der Waals surface area contributed by atoms with Gasteiger partial charge in [0.2, 0.25) is 0 Å². The number of esters is 1. The lowest BCUT2D eigenvalue weighted by Crippen LogP contribution is -2.31. The summed E-state index contributed by atoms with van der Waals surface area (Å²) in [4.78, 5) is 11.7. The number of hydrogen-bond donors (Lipinski definition) is 1. The van der Waals surface area contributed by atoms with Gasteiger partial charge in [-0.15, -0.1) is 0 Å². The highest BCUT2D eigenvalue weighted by molar-refractivity contribution is 5.84. The van der Waals surface area contributed by atoms with Gasteiger partial charge in [-0.2, -0.15) is 0 Å². The van der Waals surface area contributed by atoms with Crippen molar-refractivity contribution < 1.29 is 14.6 Å². The average molecular weight is 206 g/mol. The fraction of sp³-hybridized carbons (Fsp3) is 0.417. The molecule has 0 heterocycles. The van der Waals surface area contributed by atoms with Crippen LogP contribution in [0.3, 0.4) is 0 Å². The van der Waals surface area contributed by atoms with Crippen LogP contribution in [0.1, 0.15) is 24.5 Å². The number of benzene rings is 1. The molecule has 15 heavy (non-hydrogen) atoms. The van der Waals surface area contributed by atoms with E-state index < -0.39 is 5.41 Å². The number of fused-ring (bicyclic) bond motifs is 1. The number of carbonyl (C=O) groups excluding carboxylic acids is 1. The number of ether oxygens (including phenoxy) is 1. The summed E-state index contributed by atoms with van der Waals surface area (Å²) in [6, 6.07) is 5.19. The van der Waals surface area contributed by atoms with Crippen LogP contribution in [-0.4, -0.2) is 18.2 Å². The number of aryl methyl sites for hydroxylation is 1. The van der Waals surface area contributed by atoms with Gasteiger partial charge in [0.15, 0.2) is 0 Å². The lowest BCUT2D eigenvalue weighted by molar-refractivity contribution is -0.146. The number of rotatable bonds is 1. The van der Waals surface area contributed by atoms with Gasteiger partial charge in [-0.3, -0.25) is 4.79 Å². The van der Waals surface area contributed by atoms with Crippen LogP contribution >= 0.6 is 0 Å². The second kappa shape index (κ2) is 3.26. The summed E-state index contributed by atoms with van der Waals surface area (Å²) in [5.41, 5.74) is 1.43. The van der Waals surface area contributed by atoms with Gasteiger partial charge in [0.1, 0.15) is 5.75 Å². The molecule has 1 aromatic rings. The predicted octanol–water partition coefficient (Wildman–Crippen LogP) is 1.77. The van der Waals surface area contributed by atoms with E-state index in [9.17, 15) is 9.90 Å². The van der Waals surface area contributed by atoms with Crippen molar-refractivity contribution in [3.05, 3.63) is 29.3 Å². The van der Waals surface area contributed by atoms with Crippen molar-refractivity contribution in [3.8, 4) is 5.75 Å².